The third kappa shape index (κ3) is 3.12. The van der Waals surface area contributed by atoms with Crippen molar-refractivity contribution in [2.75, 3.05) is 13.1 Å². The molecular formula is C15H20F2N2. The molecule has 2 heterocycles. The van der Waals surface area contributed by atoms with Crippen LogP contribution in [0, 0.1) is 0 Å². The number of piperidine rings is 1. The number of rotatable bonds is 3. The van der Waals surface area contributed by atoms with E-state index in [1.165, 1.54) is 19.3 Å². The van der Waals surface area contributed by atoms with Crippen LogP contribution in [0.3, 0.4) is 0 Å². The Hall–Kier alpha value is -1.00. The molecule has 0 amide bonds. The molecule has 19 heavy (non-hydrogen) atoms. The summed E-state index contributed by atoms with van der Waals surface area (Å²) in [5.41, 5.74) is 1.24. The molecule has 2 bridgehead atoms. The second kappa shape index (κ2) is 5.55. The summed E-state index contributed by atoms with van der Waals surface area (Å²) in [6, 6.07) is 7.99. The van der Waals surface area contributed by atoms with Gasteiger partial charge in [-0.2, -0.15) is 0 Å². The minimum absolute atomic E-state index is 0.112. The van der Waals surface area contributed by atoms with E-state index in [9.17, 15) is 8.78 Å². The molecule has 104 valence electrons. The molecule has 2 saturated heterocycles. The fourth-order valence-electron chi connectivity index (χ4n) is 3.25. The van der Waals surface area contributed by atoms with Crippen LogP contribution in [0.15, 0.2) is 24.3 Å². The molecule has 2 nitrogen and oxygen atoms in total. The number of alkyl halides is 2. The summed E-state index contributed by atoms with van der Waals surface area (Å²) in [6.45, 7) is 3.03. The first-order valence-electron chi connectivity index (χ1n) is 7.06. The van der Waals surface area contributed by atoms with Crippen molar-refractivity contribution in [2.24, 2.45) is 0 Å². The number of nitrogens with zero attached hydrogens (tertiary/aromatic N) is 1. The predicted molar refractivity (Wildman–Crippen MR) is 71.2 cm³/mol. The van der Waals surface area contributed by atoms with Crippen LogP contribution in [0.4, 0.5) is 8.78 Å². The normalized spacial score (nSPS) is 27.7. The third-order valence-corrected chi connectivity index (χ3v) is 4.17. The zero-order valence-electron chi connectivity index (χ0n) is 11.0. The molecule has 0 spiro atoms. The van der Waals surface area contributed by atoms with Crippen molar-refractivity contribution in [2.45, 2.75) is 44.3 Å². The second-order valence-electron chi connectivity index (χ2n) is 5.73. The molecule has 1 aromatic carbocycles. The molecule has 4 heteroatoms. The highest BCUT2D eigenvalue weighted by atomic mass is 19.3. The van der Waals surface area contributed by atoms with E-state index in [2.05, 4.69) is 10.2 Å². The second-order valence-corrected chi connectivity index (χ2v) is 5.73. The standard InChI is InChI=1S/C15H20F2N2/c16-15(17)12-6-4-11(5-7-12)8-19-9-13-2-1-3-14(10-19)18-13/h4-7,13-15,18H,1-3,8-10H2. The number of nitrogens with one attached hydrogen (secondary N) is 1. The lowest BCUT2D eigenvalue weighted by molar-refractivity contribution is 0.119. The van der Waals surface area contributed by atoms with Crippen LogP contribution in [0.5, 0.6) is 0 Å². The zero-order chi connectivity index (χ0) is 13.2. The maximum Gasteiger partial charge on any atom is 0.263 e. The van der Waals surface area contributed by atoms with Crippen molar-refractivity contribution in [3.8, 4) is 0 Å². The fraction of sp³-hybridized carbons (Fsp3) is 0.600. The van der Waals surface area contributed by atoms with Gasteiger partial charge in [0, 0.05) is 37.3 Å². The van der Waals surface area contributed by atoms with Gasteiger partial charge in [-0.1, -0.05) is 30.7 Å². The fourth-order valence-corrected chi connectivity index (χ4v) is 3.25. The van der Waals surface area contributed by atoms with Gasteiger partial charge in [-0.05, 0) is 18.4 Å². The van der Waals surface area contributed by atoms with E-state index in [1.807, 2.05) is 12.1 Å². The lowest BCUT2D eigenvalue weighted by Crippen LogP contribution is -2.58. The van der Waals surface area contributed by atoms with Gasteiger partial charge in [0.05, 0.1) is 0 Å². The maximum absolute atomic E-state index is 12.5. The van der Waals surface area contributed by atoms with Crippen molar-refractivity contribution < 1.29 is 8.78 Å². The summed E-state index contributed by atoms with van der Waals surface area (Å²) < 4.78 is 25.0. The first-order valence-corrected chi connectivity index (χ1v) is 7.06. The molecule has 2 fully saturated rings. The van der Waals surface area contributed by atoms with Crippen molar-refractivity contribution in [3.63, 3.8) is 0 Å². The summed E-state index contributed by atoms with van der Waals surface area (Å²) >= 11 is 0. The van der Waals surface area contributed by atoms with Gasteiger partial charge in [-0.25, -0.2) is 8.78 Å². The minimum Gasteiger partial charge on any atom is -0.309 e. The Balaban J connectivity index is 1.61. The van der Waals surface area contributed by atoms with E-state index in [0.29, 0.717) is 12.1 Å². The number of benzene rings is 1. The molecule has 1 aromatic rings. The summed E-state index contributed by atoms with van der Waals surface area (Å²) in [5.74, 6) is 0. The molecule has 1 N–H and O–H groups in total. The first kappa shape index (κ1) is 13.0. The number of piperazine rings is 1. The van der Waals surface area contributed by atoms with Gasteiger partial charge in [0.15, 0.2) is 0 Å². The van der Waals surface area contributed by atoms with E-state index in [-0.39, 0.29) is 5.56 Å². The van der Waals surface area contributed by atoms with Gasteiger partial charge in [-0.3, -0.25) is 4.90 Å². The van der Waals surface area contributed by atoms with Crippen LogP contribution in [0.1, 0.15) is 36.8 Å². The van der Waals surface area contributed by atoms with E-state index in [0.717, 1.165) is 25.2 Å². The van der Waals surface area contributed by atoms with E-state index in [4.69, 9.17) is 0 Å². The van der Waals surface area contributed by atoms with Gasteiger partial charge in [0.1, 0.15) is 0 Å². The summed E-state index contributed by atoms with van der Waals surface area (Å²) in [5, 5.41) is 3.65. The lowest BCUT2D eigenvalue weighted by Gasteiger charge is -2.42. The quantitative estimate of drug-likeness (QED) is 0.905. The molecule has 2 aliphatic rings. The maximum atomic E-state index is 12.5. The van der Waals surface area contributed by atoms with E-state index >= 15 is 0 Å². The van der Waals surface area contributed by atoms with Crippen LogP contribution >= 0.6 is 0 Å². The Bertz CT molecular complexity index is 407. The number of likely N-dealkylation sites (tertiary alicyclic amines) is 1. The average Bonchev–Trinajstić information content (AvgIpc) is 2.39. The van der Waals surface area contributed by atoms with Gasteiger partial charge in [-0.15, -0.1) is 0 Å². The van der Waals surface area contributed by atoms with Gasteiger partial charge < -0.3 is 5.32 Å². The summed E-state index contributed by atoms with van der Waals surface area (Å²) in [4.78, 5) is 2.45. The van der Waals surface area contributed by atoms with Crippen LogP contribution < -0.4 is 5.32 Å². The Kier molecular flexibility index (Phi) is 3.80. The third-order valence-electron chi connectivity index (χ3n) is 4.17. The number of fused-ring (bicyclic) bond motifs is 2. The zero-order valence-corrected chi connectivity index (χ0v) is 11.0. The molecule has 0 saturated carbocycles. The highest BCUT2D eigenvalue weighted by Gasteiger charge is 2.29. The van der Waals surface area contributed by atoms with Crippen LogP contribution in [0.2, 0.25) is 0 Å². The Morgan fingerprint density at radius 3 is 2.32 bits per heavy atom. The Labute approximate surface area is 112 Å². The summed E-state index contributed by atoms with van der Waals surface area (Å²) in [7, 11) is 0. The average molecular weight is 266 g/mol. The van der Waals surface area contributed by atoms with Crippen molar-refractivity contribution in [1.29, 1.82) is 0 Å². The Morgan fingerprint density at radius 1 is 1.11 bits per heavy atom. The molecule has 0 radical (unpaired) electrons. The smallest absolute Gasteiger partial charge is 0.263 e. The highest BCUT2D eigenvalue weighted by molar-refractivity contribution is 5.23. The van der Waals surface area contributed by atoms with Crippen LogP contribution in [0.25, 0.3) is 0 Å². The molecule has 3 rings (SSSR count). The molecule has 2 aliphatic heterocycles. The number of halogens is 2. The predicted octanol–water partition coefficient (Wildman–Crippen LogP) is 2.95. The van der Waals surface area contributed by atoms with Crippen molar-refractivity contribution in [3.05, 3.63) is 35.4 Å². The van der Waals surface area contributed by atoms with E-state index in [1.54, 1.807) is 12.1 Å². The van der Waals surface area contributed by atoms with Crippen molar-refractivity contribution >= 4 is 0 Å². The first-order chi connectivity index (χ1) is 9.20. The lowest BCUT2D eigenvalue weighted by atomic mass is 9.94. The topological polar surface area (TPSA) is 15.3 Å². The Morgan fingerprint density at radius 2 is 1.74 bits per heavy atom. The van der Waals surface area contributed by atoms with E-state index < -0.39 is 6.43 Å². The number of hydrogen-bond acceptors (Lipinski definition) is 2. The molecule has 2 atom stereocenters. The molecule has 2 unspecified atom stereocenters. The number of hydrogen-bond donors (Lipinski definition) is 1. The molecule has 0 aromatic heterocycles. The largest absolute Gasteiger partial charge is 0.309 e. The monoisotopic (exact) mass is 266 g/mol. The van der Waals surface area contributed by atoms with Gasteiger partial charge >= 0.3 is 0 Å². The minimum atomic E-state index is -2.37. The molecule has 0 aliphatic carbocycles. The SMILES string of the molecule is FC(F)c1ccc(CN2CC3CCCC(C2)N3)cc1. The van der Waals surface area contributed by atoms with Crippen LogP contribution in [-0.2, 0) is 6.54 Å². The van der Waals surface area contributed by atoms with Crippen molar-refractivity contribution in [1.82, 2.24) is 10.2 Å². The summed E-state index contributed by atoms with van der Waals surface area (Å²) in [6.07, 6.45) is 1.49. The van der Waals surface area contributed by atoms with Gasteiger partial charge in [0.25, 0.3) is 6.43 Å². The highest BCUT2D eigenvalue weighted by Crippen LogP contribution is 2.22. The van der Waals surface area contributed by atoms with Crippen LogP contribution in [-0.4, -0.2) is 30.1 Å². The van der Waals surface area contributed by atoms with Gasteiger partial charge in [0.2, 0.25) is 0 Å². The molecular weight excluding hydrogens is 246 g/mol.